The van der Waals surface area contributed by atoms with Gasteiger partial charge in [0.25, 0.3) is 0 Å². The zero-order valence-corrected chi connectivity index (χ0v) is 12.7. The molecule has 4 N–H and O–H groups in total. The number of anilines is 1. The van der Waals surface area contributed by atoms with Crippen LogP contribution in [0.15, 0.2) is 15.7 Å². The van der Waals surface area contributed by atoms with Crippen molar-refractivity contribution in [3.8, 4) is 0 Å². The molecule has 0 atom stereocenters. The minimum absolute atomic E-state index is 0.0135. The van der Waals surface area contributed by atoms with Crippen molar-refractivity contribution in [2.24, 2.45) is 0 Å². The summed E-state index contributed by atoms with van der Waals surface area (Å²) in [6.07, 6.45) is 1.27. The number of esters is 1. The number of rotatable bonds is 6. The molecule has 0 saturated heterocycles. The van der Waals surface area contributed by atoms with Gasteiger partial charge >= 0.3 is 5.97 Å². The lowest BCUT2D eigenvalue weighted by atomic mass is 10.3. The number of nitrogen functional groups attached to an aromatic ring is 1. The van der Waals surface area contributed by atoms with Gasteiger partial charge in [0.1, 0.15) is 0 Å². The predicted molar refractivity (Wildman–Crippen MR) is 74.2 cm³/mol. The first-order valence-corrected chi connectivity index (χ1v) is 7.76. The van der Waals surface area contributed by atoms with Crippen LogP contribution in [0.3, 0.4) is 0 Å². The van der Waals surface area contributed by atoms with Gasteiger partial charge in [0, 0.05) is 0 Å². The van der Waals surface area contributed by atoms with Crippen LogP contribution in [0.2, 0.25) is 0 Å². The van der Waals surface area contributed by atoms with E-state index >= 15 is 0 Å². The number of ether oxygens (including phenoxy) is 1. The molecular formula is C11H15N5O5S. The molecule has 0 aliphatic heterocycles. The molecule has 0 bridgehead atoms. The SMILES string of the molecule is CCOC(=O)c1nc[nH]c1CNS(=O)(=O)c1c(N)noc1C. The average Bonchev–Trinajstić information content (AvgIpc) is 3.04. The number of nitrogens with one attached hydrogen (secondary N) is 2. The third-order valence-corrected chi connectivity index (χ3v) is 4.29. The molecule has 11 heteroatoms. The fourth-order valence-electron chi connectivity index (χ4n) is 1.78. The van der Waals surface area contributed by atoms with Gasteiger partial charge in [0.15, 0.2) is 22.2 Å². The molecule has 2 aromatic rings. The first-order valence-electron chi connectivity index (χ1n) is 6.27. The number of hydrogen-bond acceptors (Lipinski definition) is 8. The van der Waals surface area contributed by atoms with E-state index in [0.29, 0.717) is 0 Å². The second-order valence-electron chi connectivity index (χ2n) is 4.23. The van der Waals surface area contributed by atoms with E-state index in [2.05, 4.69) is 19.8 Å². The standard InChI is InChI=1S/C11H15N5O5S/c1-3-20-11(17)8-7(13-5-14-8)4-15-22(18,19)9-6(2)21-16-10(9)12/h5,15H,3-4H2,1-2H3,(H2,12,16)(H,13,14). The molecule has 0 aliphatic carbocycles. The van der Waals surface area contributed by atoms with Crippen LogP contribution in [0.25, 0.3) is 0 Å². The number of hydrogen-bond donors (Lipinski definition) is 3. The van der Waals surface area contributed by atoms with Crippen molar-refractivity contribution in [2.45, 2.75) is 25.3 Å². The highest BCUT2D eigenvalue weighted by Gasteiger charge is 2.26. The van der Waals surface area contributed by atoms with Crippen LogP contribution in [0.1, 0.15) is 28.9 Å². The molecule has 0 saturated carbocycles. The van der Waals surface area contributed by atoms with Crippen molar-refractivity contribution >= 4 is 21.8 Å². The van der Waals surface area contributed by atoms with Crippen LogP contribution in [0.5, 0.6) is 0 Å². The van der Waals surface area contributed by atoms with Gasteiger partial charge in [-0.25, -0.2) is 22.9 Å². The number of carbonyl (C=O) groups excluding carboxylic acids is 1. The monoisotopic (exact) mass is 329 g/mol. The van der Waals surface area contributed by atoms with Gasteiger partial charge < -0.3 is 20.0 Å². The van der Waals surface area contributed by atoms with Gasteiger partial charge in [-0.2, -0.15) is 0 Å². The molecule has 0 aromatic carbocycles. The molecule has 2 heterocycles. The number of carbonyl (C=O) groups is 1. The Bertz CT molecular complexity index is 759. The van der Waals surface area contributed by atoms with Crippen molar-refractivity contribution in [2.75, 3.05) is 12.3 Å². The Labute approximate surface area is 126 Å². The van der Waals surface area contributed by atoms with E-state index in [1.165, 1.54) is 13.3 Å². The van der Waals surface area contributed by atoms with Crippen molar-refractivity contribution in [1.29, 1.82) is 0 Å². The lowest BCUT2D eigenvalue weighted by molar-refractivity contribution is 0.0518. The Morgan fingerprint density at radius 3 is 2.86 bits per heavy atom. The zero-order valence-electron chi connectivity index (χ0n) is 11.9. The highest BCUT2D eigenvalue weighted by atomic mass is 32.2. The van der Waals surface area contributed by atoms with Crippen molar-refractivity contribution in [3.63, 3.8) is 0 Å². The number of sulfonamides is 1. The van der Waals surface area contributed by atoms with Crippen LogP contribution < -0.4 is 10.5 Å². The lowest BCUT2D eigenvalue weighted by Crippen LogP contribution is -2.25. The van der Waals surface area contributed by atoms with Gasteiger partial charge in [-0.1, -0.05) is 5.16 Å². The predicted octanol–water partition coefficient (Wildman–Crippen LogP) is -0.0565. The first kappa shape index (κ1) is 16.0. The van der Waals surface area contributed by atoms with Gasteiger partial charge in [-0.15, -0.1) is 0 Å². The molecule has 0 spiro atoms. The van der Waals surface area contributed by atoms with Crippen LogP contribution >= 0.6 is 0 Å². The van der Waals surface area contributed by atoms with Crippen LogP contribution in [0, 0.1) is 6.92 Å². The third kappa shape index (κ3) is 3.09. The largest absolute Gasteiger partial charge is 0.461 e. The lowest BCUT2D eigenvalue weighted by Gasteiger charge is -2.06. The molecule has 120 valence electrons. The first-order chi connectivity index (χ1) is 10.4. The van der Waals surface area contributed by atoms with E-state index in [9.17, 15) is 13.2 Å². The van der Waals surface area contributed by atoms with E-state index < -0.39 is 16.0 Å². The number of nitrogens with zero attached hydrogens (tertiary/aromatic N) is 2. The van der Waals surface area contributed by atoms with Crippen LogP contribution in [0.4, 0.5) is 5.82 Å². The van der Waals surface area contributed by atoms with E-state index in [1.807, 2.05) is 0 Å². The van der Waals surface area contributed by atoms with E-state index in [1.54, 1.807) is 6.92 Å². The highest BCUT2D eigenvalue weighted by molar-refractivity contribution is 7.89. The quantitative estimate of drug-likeness (QED) is 0.623. The maximum absolute atomic E-state index is 12.2. The molecule has 0 aliphatic rings. The van der Waals surface area contributed by atoms with Crippen molar-refractivity contribution < 1.29 is 22.5 Å². The van der Waals surface area contributed by atoms with E-state index in [0.717, 1.165) is 0 Å². The summed E-state index contributed by atoms with van der Waals surface area (Å²) in [6, 6.07) is 0. The Balaban J connectivity index is 2.17. The summed E-state index contributed by atoms with van der Waals surface area (Å²) in [6.45, 7) is 3.08. The van der Waals surface area contributed by atoms with Gasteiger partial charge in [0.05, 0.1) is 25.2 Å². The number of nitrogens with two attached hydrogens (primary N) is 1. The average molecular weight is 329 g/mol. The second kappa shape index (κ2) is 6.15. The molecule has 2 aromatic heterocycles. The fourth-order valence-corrected chi connectivity index (χ4v) is 2.99. The highest BCUT2D eigenvalue weighted by Crippen LogP contribution is 2.21. The van der Waals surface area contributed by atoms with E-state index in [-0.39, 0.29) is 41.0 Å². The summed E-state index contributed by atoms with van der Waals surface area (Å²) < 4.78 is 36.2. The number of H-pyrrole nitrogens is 1. The Kier molecular flexibility index (Phi) is 4.47. The summed E-state index contributed by atoms with van der Waals surface area (Å²) in [4.78, 5) is 17.9. The fraction of sp³-hybridized carbons (Fsp3) is 0.364. The molecular weight excluding hydrogens is 314 g/mol. The summed E-state index contributed by atoms with van der Waals surface area (Å²) in [7, 11) is -3.94. The molecule has 0 fully saturated rings. The number of aromatic amines is 1. The third-order valence-electron chi connectivity index (χ3n) is 2.73. The van der Waals surface area contributed by atoms with Gasteiger partial charge in [-0.3, -0.25) is 0 Å². The van der Waals surface area contributed by atoms with Crippen molar-refractivity contribution in [1.82, 2.24) is 19.8 Å². The zero-order chi connectivity index (χ0) is 16.3. The summed E-state index contributed by atoms with van der Waals surface area (Å²) in [5.41, 5.74) is 5.76. The van der Waals surface area contributed by atoms with Crippen LogP contribution in [-0.2, 0) is 21.3 Å². The topological polar surface area (TPSA) is 153 Å². The Morgan fingerprint density at radius 1 is 1.55 bits per heavy atom. The minimum Gasteiger partial charge on any atom is -0.461 e. The minimum atomic E-state index is -3.94. The molecule has 22 heavy (non-hydrogen) atoms. The molecule has 10 nitrogen and oxygen atoms in total. The summed E-state index contributed by atoms with van der Waals surface area (Å²) in [5.74, 6) is -0.806. The normalized spacial score (nSPS) is 11.5. The molecule has 0 amide bonds. The van der Waals surface area contributed by atoms with Crippen LogP contribution in [-0.4, -0.2) is 36.1 Å². The molecule has 0 radical (unpaired) electrons. The van der Waals surface area contributed by atoms with Gasteiger partial charge in [-0.05, 0) is 13.8 Å². The Morgan fingerprint density at radius 2 is 2.27 bits per heavy atom. The molecule has 2 rings (SSSR count). The maximum Gasteiger partial charge on any atom is 0.358 e. The summed E-state index contributed by atoms with van der Waals surface area (Å²) in [5, 5.41) is 3.39. The number of aryl methyl sites for hydroxylation is 1. The molecule has 0 unspecified atom stereocenters. The van der Waals surface area contributed by atoms with Gasteiger partial charge in [0.2, 0.25) is 10.0 Å². The number of imidazole rings is 1. The Hall–Kier alpha value is -2.40. The van der Waals surface area contributed by atoms with Crippen molar-refractivity contribution in [3.05, 3.63) is 23.5 Å². The smallest absolute Gasteiger partial charge is 0.358 e. The second-order valence-corrected chi connectivity index (χ2v) is 5.93. The summed E-state index contributed by atoms with van der Waals surface area (Å²) >= 11 is 0. The number of aromatic nitrogens is 3. The maximum atomic E-state index is 12.2. The van der Waals surface area contributed by atoms with E-state index in [4.69, 9.17) is 15.0 Å².